The molecule has 5 heteroatoms. The third kappa shape index (κ3) is 2.31. The molecule has 0 aromatic heterocycles. The number of amides is 1. The van der Waals surface area contributed by atoms with Gasteiger partial charge < -0.3 is 20.8 Å². The van der Waals surface area contributed by atoms with E-state index in [2.05, 4.69) is 6.58 Å². The number of hydrogen-bond acceptors (Lipinski definition) is 4. The van der Waals surface area contributed by atoms with Crippen LogP contribution in [0.1, 0.15) is 6.42 Å². The van der Waals surface area contributed by atoms with Crippen LogP contribution in [0.15, 0.2) is 12.7 Å². The van der Waals surface area contributed by atoms with Crippen LogP contribution in [0.4, 0.5) is 0 Å². The minimum atomic E-state index is -0.852. The molecule has 3 atom stereocenters. The number of nitrogens with zero attached hydrogens (tertiary/aromatic N) is 1. The van der Waals surface area contributed by atoms with Crippen molar-refractivity contribution in [3.05, 3.63) is 12.7 Å². The van der Waals surface area contributed by atoms with E-state index in [0.29, 0.717) is 6.42 Å². The summed E-state index contributed by atoms with van der Waals surface area (Å²) in [5, 5.41) is 18.4. The molecule has 0 spiro atoms. The van der Waals surface area contributed by atoms with Crippen LogP contribution in [0.5, 0.6) is 0 Å². The van der Waals surface area contributed by atoms with Gasteiger partial charge in [0.15, 0.2) is 0 Å². The number of rotatable bonds is 3. The number of carbonyl (C=O) groups is 1. The Bertz CT molecular complexity index is 222. The SMILES string of the molecule is C=CCC(N)C(=O)N1CC(O)C(O)C1. The lowest BCUT2D eigenvalue weighted by atomic mass is 10.2. The first-order valence-electron chi connectivity index (χ1n) is 4.57. The van der Waals surface area contributed by atoms with Gasteiger partial charge in [-0.1, -0.05) is 6.08 Å². The fourth-order valence-electron chi connectivity index (χ4n) is 1.46. The Morgan fingerprint density at radius 3 is 2.50 bits per heavy atom. The highest BCUT2D eigenvalue weighted by molar-refractivity contribution is 5.82. The van der Waals surface area contributed by atoms with Gasteiger partial charge in [0.2, 0.25) is 5.91 Å². The second kappa shape index (κ2) is 4.54. The molecule has 0 aromatic rings. The topological polar surface area (TPSA) is 86.8 Å². The number of β-amino-alcohol motifs (C(OH)–C–C–N with tert-alkyl or cyclic N) is 2. The molecule has 3 unspecified atom stereocenters. The molecule has 1 aliphatic heterocycles. The first-order chi connectivity index (χ1) is 6.56. The molecule has 80 valence electrons. The Balaban J connectivity index is 2.50. The molecule has 5 nitrogen and oxygen atoms in total. The zero-order valence-electron chi connectivity index (χ0n) is 7.97. The maximum absolute atomic E-state index is 11.6. The van der Waals surface area contributed by atoms with Crippen molar-refractivity contribution in [2.24, 2.45) is 5.73 Å². The van der Waals surface area contributed by atoms with Crippen molar-refractivity contribution in [3.8, 4) is 0 Å². The number of nitrogens with two attached hydrogens (primary N) is 1. The molecule has 4 N–H and O–H groups in total. The number of hydrogen-bond donors (Lipinski definition) is 3. The Hall–Kier alpha value is -0.910. The molecule has 0 radical (unpaired) electrons. The molecular weight excluding hydrogens is 184 g/mol. The van der Waals surface area contributed by atoms with E-state index in [0.717, 1.165) is 0 Å². The second-order valence-corrected chi connectivity index (χ2v) is 3.51. The van der Waals surface area contributed by atoms with Gasteiger partial charge in [-0.2, -0.15) is 0 Å². The number of aliphatic hydroxyl groups is 2. The molecule has 1 rings (SSSR count). The van der Waals surface area contributed by atoms with Crippen LogP contribution >= 0.6 is 0 Å². The Morgan fingerprint density at radius 2 is 2.07 bits per heavy atom. The van der Waals surface area contributed by atoms with Gasteiger partial charge >= 0.3 is 0 Å². The van der Waals surface area contributed by atoms with Gasteiger partial charge in [0.1, 0.15) is 0 Å². The summed E-state index contributed by atoms with van der Waals surface area (Å²) in [5.41, 5.74) is 5.57. The summed E-state index contributed by atoms with van der Waals surface area (Å²) < 4.78 is 0. The predicted octanol–water partition coefficient (Wildman–Crippen LogP) is -1.55. The van der Waals surface area contributed by atoms with Gasteiger partial charge in [0.05, 0.1) is 18.2 Å². The van der Waals surface area contributed by atoms with Gasteiger partial charge in [-0.05, 0) is 6.42 Å². The average molecular weight is 200 g/mol. The molecule has 1 heterocycles. The van der Waals surface area contributed by atoms with Crippen LogP contribution in [0.2, 0.25) is 0 Å². The molecule has 14 heavy (non-hydrogen) atoms. The lowest BCUT2D eigenvalue weighted by Gasteiger charge is -2.19. The number of likely N-dealkylation sites (tertiary alicyclic amines) is 1. The van der Waals surface area contributed by atoms with Crippen LogP contribution in [-0.4, -0.2) is 52.4 Å². The van der Waals surface area contributed by atoms with E-state index < -0.39 is 18.2 Å². The molecule has 1 saturated heterocycles. The van der Waals surface area contributed by atoms with E-state index in [1.165, 1.54) is 4.90 Å². The highest BCUT2D eigenvalue weighted by Crippen LogP contribution is 2.11. The molecule has 1 aliphatic rings. The summed E-state index contributed by atoms with van der Waals surface area (Å²) >= 11 is 0. The zero-order valence-corrected chi connectivity index (χ0v) is 7.97. The Labute approximate surface area is 82.8 Å². The van der Waals surface area contributed by atoms with Gasteiger partial charge in [-0.15, -0.1) is 6.58 Å². The largest absolute Gasteiger partial charge is 0.388 e. The molecular formula is C9H16N2O3. The van der Waals surface area contributed by atoms with E-state index in [1.54, 1.807) is 6.08 Å². The summed E-state index contributed by atoms with van der Waals surface area (Å²) in [5.74, 6) is -0.250. The summed E-state index contributed by atoms with van der Waals surface area (Å²) in [6.07, 6.45) is 0.275. The summed E-state index contributed by atoms with van der Waals surface area (Å²) in [6, 6.07) is -0.620. The van der Waals surface area contributed by atoms with Crippen molar-refractivity contribution in [1.82, 2.24) is 4.90 Å². The maximum atomic E-state index is 11.6. The van der Waals surface area contributed by atoms with Crippen molar-refractivity contribution >= 4 is 5.91 Å². The first kappa shape index (κ1) is 11.2. The number of aliphatic hydroxyl groups excluding tert-OH is 2. The first-order valence-corrected chi connectivity index (χ1v) is 4.57. The Morgan fingerprint density at radius 1 is 1.57 bits per heavy atom. The summed E-state index contributed by atoms with van der Waals surface area (Å²) in [6.45, 7) is 3.81. The monoisotopic (exact) mass is 200 g/mol. The predicted molar refractivity (Wildman–Crippen MR) is 51.4 cm³/mol. The quantitative estimate of drug-likeness (QED) is 0.482. The fourth-order valence-corrected chi connectivity index (χ4v) is 1.46. The van der Waals surface area contributed by atoms with E-state index in [4.69, 9.17) is 5.73 Å². The van der Waals surface area contributed by atoms with E-state index >= 15 is 0 Å². The molecule has 1 amide bonds. The van der Waals surface area contributed by atoms with E-state index in [-0.39, 0.29) is 19.0 Å². The van der Waals surface area contributed by atoms with Crippen LogP contribution in [0.25, 0.3) is 0 Å². The third-order valence-corrected chi connectivity index (χ3v) is 2.31. The maximum Gasteiger partial charge on any atom is 0.239 e. The van der Waals surface area contributed by atoms with Crippen molar-refractivity contribution < 1.29 is 15.0 Å². The van der Waals surface area contributed by atoms with Crippen LogP contribution < -0.4 is 5.73 Å². The van der Waals surface area contributed by atoms with E-state index in [1.807, 2.05) is 0 Å². The molecule has 0 bridgehead atoms. The summed E-state index contributed by atoms with van der Waals surface area (Å²) in [4.78, 5) is 12.9. The highest BCUT2D eigenvalue weighted by Gasteiger charge is 2.33. The average Bonchev–Trinajstić information content (AvgIpc) is 2.46. The Kier molecular flexibility index (Phi) is 3.62. The van der Waals surface area contributed by atoms with Crippen LogP contribution in [0.3, 0.4) is 0 Å². The van der Waals surface area contributed by atoms with Gasteiger partial charge in [-0.25, -0.2) is 0 Å². The molecule has 0 aromatic carbocycles. The van der Waals surface area contributed by atoms with Gasteiger partial charge in [-0.3, -0.25) is 4.79 Å². The van der Waals surface area contributed by atoms with Crippen molar-refractivity contribution in [2.45, 2.75) is 24.7 Å². The highest BCUT2D eigenvalue weighted by atomic mass is 16.3. The normalized spacial score (nSPS) is 28.9. The van der Waals surface area contributed by atoms with Crippen molar-refractivity contribution in [2.75, 3.05) is 13.1 Å². The summed E-state index contributed by atoms with van der Waals surface area (Å²) in [7, 11) is 0. The fraction of sp³-hybridized carbons (Fsp3) is 0.667. The minimum Gasteiger partial charge on any atom is -0.388 e. The molecule has 0 saturated carbocycles. The van der Waals surface area contributed by atoms with Crippen LogP contribution in [-0.2, 0) is 4.79 Å². The van der Waals surface area contributed by atoms with Crippen molar-refractivity contribution in [3.63, 3.8) is 0 Å². The smallest absolute Gasteiger partial charge is 0.239 e. The third-order valence-electron chi connectivity index (χ3n) is 2.31. The van der Waals surface area contributed by atoms with Gasteiger partial charge in [0.25, 0.3) is 0 Å². The van der Waals surface area contributed by atoms with Crippen molar-refractivity contribution in [1.29, 1.82) is 0 Å². The van der Waals surface area contributed by atoms with Gasteiger partial charge in [0, 0.05) is 13.1 Å². The second-order valence-electron chi connectivity index (χ2n) is 3.51. The standard InChI is InChI=1S/C9H16N2O3/c1-2-3-6(10)9(14)11-4-7(12)8(13)5-11/h2,6-8,12-13H,1,3-5,10H2. The number of carbonyl (C=O) groups excluding carboxylic acids is 1. The zero-order chi connectivity index (χ0) is 10.7. The lowest BCUT2D eigenvalue weighted by molar-refractivity contribution is -0.132. The molecule has 1 fully saturated rings. The van der Waals surface area contributed by atoms with E-state index in [9.17, 15) is 15.0 Å². The van der Waals surface area contributed by atoms with Crippen LogP contribution in [0, 0.1) is 0 Å². The molecule has 0 aliphatic carbocycles. The lowest BCUT2D eigenvalue weighted by Crippen LogP contribution is -2.42. The minimum absolute atomic E-state index is 0.158.